The predicted molar refractivity (Wildman–Crippen MR) is 196 cm³/mol. The van der Waals surface area contributed by atoms with E-state index in [1.807, 2.05) is 65.2 Å². The monoisotopic (exact) mass is 704 g/mol. The van der Waals surface area contributed by atoms with Crippen molar-refractivity contribution in [3.8, 4) is 23.7 Å². The predicted octanol–water partition coefficient (Wildman–Crippen LogP) is 6.89. The summed E-state index contributed by atoms with van der Waals surface area (Å²) >= 11 is 0. The summed E-state index contributed by atoms with van der Waals surface area (Å²) in [5, 5.41) is 0. The van der Waals surface area contributed by atoms with E-state index >= 15 is 0 Å². The molecule has 2 aromatic heterocycles. The van der Waals surface area contributed by atoms with Crippen LogP contribution in [0, 0.1) is 35.3 Å². The van der Waals surface area contributed by atoms with Gasteiger partial charge in [-0.25, -0.2) is 38.3 Å². The molecule has 0 spiro atoms. The van der Waals surface area contributed by atoms with Crippen molar-refractivity contribution in [2.75, 3.05) is 22.9 Å². The summed E-state index contributed by atoms with van der Waals surface area (Å²) in [6.07, 6.45) is 6.34. The van der Waals surface area contributed by atoms with Gasteiger partial charge in [-0.3, -0.25) is 9.80 Å². The molecule has 0 unspecified atom stereocenters. The van der Waals surface area contributed by atoms with E-state index in [0.29, 0.717) is 47.2 Å². The first-order valence-electron chi connectivity index (χ1n) is 17.0. The first kappa shape index (κ1) is 37.4. The van der Waals surface area contributed by atoms with E-state index in [-0.39, 0.29) is 46.9 Å². The summed E-state index contributed by atoms with van der Waals surface area (Å²) in [5.41, 5.74) is 1.95. The smallest absolute Gasteiger partial charge is 0.315 e. The van der Waals surface area contributed by atoms with E-state index in [1.54, 1.807) is 58.9 Å². The fourth-order valence-electron chi connectivity index (χ4n) is 6.43. The zero-order valence-electron chi connectivity index (χ0n) is 30.6. The highest BCUT2D eigenvalue weighted by Crippen LogP contribution is 2.31. The molecule has 0 radical (unpaired) electrons. The molecular weight excluding hydrogens is 662 g/mol. The Labute approximate surface area is 303 Å². The zero-order valence-corrected chi connectivity index (χ0v) is 30.6. The number of hydrogen-bond donors (Lipinski definition) is 0. The molecule has 2 saturated heterocycles. The molecule has 2 fully saturated rings. The van der Waals surface area contributed by atoms with Gasteiger partial charge in [0.2, 0.25) is 11.9 Å². The number of amides is 4. The van der Waals surface area contributed by atoms with Crippen LogP contribution in [0.15, 0.2) is 73.3 Å². The highest BCUT2D eigenvalue weighted by atomic mass is 19.1. The summed E-state index contributed by atoms with van der Waals surface area (Å²) in [4.78, 5) is 49.5. The third-order valence-electron chi connectivity index (χ3n) is 8.43. The molecule has 0 atom stereocenters. The van der Waals surface area contributed by atoms with Crippen LogP contribution in [0.5, 0.6) is 0 Å². The summed E-state index contributed by atoms with van der Waals surface area (Å²) in [5.74, 6) is 11.8. The van der Waals surface area contributed by atoms with E-state index < -0.39 is 0 Å². The number of hydrogen-bond acceptors (Lipinski definition) is 6. The fourth-order valence-corrected chi connectivity index (χ4v) is 6.43. The van der Waals surface area contributed by atoms with Crippen molar-refractivity contribution in [1.29, 1.82) is 0 Å². The topological polar surface area (TPSA) is 98.7 Å². The number of nitrogens with zero attached hydrogens (tertiary/aromatic N) is 8. The molecule has 12 heteroatoms. The summed E-state index contributed by atoms with van der Waals surface area (Å²) in [6.45, 7) is 17.2. The number of benzene rings is 2. The van der Waals surface area contributed by atoms with Crippen LogP contribution in [-0.4, -0.2) is 78.0 Å². The number of aromatic nitrogens is 4. The van der Waals surface area contributed by atoms with Crippen molar-refractivity contribution >= 4 is 24.0 Å². The Kier molecular flexibility index (Phi) is 10.9. The highest BCUT2D eigenvalue weighted by molar-refractivity contribution is 5.94. The van der Waals surface area contributed by atoms with Crippen LogP contribution in [0.4, 0.5) is 30.3 Å². The molecule has 0 N–H and O–H groups in total. The number of urea groups is 2. The van der Waals surface area contributed by atoms with Crippen LogP contribution >= 0.6 is 0 Å². The minimum Gasteiger partial charge on any atom is -0.315 e. The number of rotatable bonds is 4. The molecule has 2 aliphatic rings. The third kappa shape index (κ3) is 8.52. The van der Waals surface area contributed by atoms with E-state index in [0.717, 1.165) is 0 Å². The standard InChI is InChI=1S/2C20H21FN4O/c1-14(2)25-19(26)24(13-20(25,3)4)18-22-11-16(12-23-18)6-5-15-7-9-17(21)10-8-15;1-14(2)25-19(26)24(13-20(25,3)4)18-22-11-16(12-23-18)9-8-15-6-5-7-17(21)10-15/h7-12,14H,13H2,1-4H3;5-7,10-12,14H,13H2,1-4H3. The number of carbonyl (C=O) groups excluding carboxylic acids is 2. The maximum atomic E-state index is 13.2. The second-order valence-corrected chi connectivity index (χ2v) is 14.4. The molecule has 6 rings (SSSR count). The molecule has 2 aromatic carbocycles. The molecule has 0 bridgehead atoms. The average Bonchev–Trinajstić information content (AvgIpc) is 3.49. The molecule has 0 aliphatic carbocycles. The Morgan fingerprint density at radius 1 is 0.577 bits per heavy atom. The first-order chi connectivity index (χ1) is 24.6. The highest BCUT2D eigenvalue weighted by Gasteiger charge is 2.47. The molecular formula is C40H42F2N8O2. The quantitative estimate of drug-likeness (QED) is 0.215. The summed E-state index contributed by atoms with van der Waals surface area (Å²) in [6, 6.07) is 12.1. The molecule has 4 heterocycles. The molecule has 2 aliphatic heterocycles. The Hall–Kier alpha value is -5.88. The van der Waals surface area contributed by atoms with E-state index in [4.69, 9.17) is 0 Å². The number of anilines is 2. The van der Waals surface area contributed by atoms with Gasteiger partial charge >= 0.3 is 12.1 Å². The minimum absolute atomic E-state index is 0.0878. The fraction of sp³-hybridized carbons (Fsp3) is 0.350. The number of carbonyl (C=O) groups is 2. The van der Waals surface area contributed by atoms with Gasteiger partial charge in [-0.15, -0.1) is 0 Å². The summed E-state index contributed by atoms with van der Waals surface area (Å²) in [7, 11) is 0. The van der Waals surface area contributed by atoms with E-state index in [9.17, 15) is 18.4 Å². The van der Waals surface area contributed by atoms with Gasteiger partial charge in [-0.1, -0.05) is 29.7 Å². The molecule has 4 aromatic rings. The lowest BCUT2D eigenvalue weighted by molar-refractivity contribution is 0.152. The second kappa shape index (κ2) is 15.2. The van der Waals surface area contributed by atoms with Crippen molar-refractivity contribution in [2.45, 2.75) is 78.6 Å². The van der Waals surface area contributed by atoms with Gasteiger partial charge in [0.15, 0.2) is 0 Å². The van der Waals surface area contributed by atoms with Crippen LogP contribution in [0.2, 0.25) is 0 Å². The molecule has 4 amide bonds. The average molecular weight is 705 g/mol. The van der Waals surface area contributed by atoms with E-state index in [2.05, 4.69) is 43.6 Å². The normalized spacial score (nSPS) is 16.0. The van der Waals surface area contributed by atoms with Crippen LogP contribution in [0.1, 0.15) is 77.6 Å². The van der Waals surface area contributed by atoms with Crippen molar-refractivity contribution in [3.05, 3.63) is 107 Å². The van der Waals surface area contributed by atoms with Crippen LogP contribution in [-0.2, 0) is 0 Å². The Morgan fingerprint density at radius 3 is 1.37 bits per heavy atom. The van der Waals surface area contributed by atoms with Crippen molar-refractivity contribution in [1.82, 2.24) is 29.7 Å². The van der Waals surface area contributed by atoms with Gasteiger partial charge in [0, 0.05) is 48.0 Å². The van der Waals surface area contributed by atoms with Gasteiger partial charge in [0.1, 0.15) is 11.6 Å². The summed E-state index contributed by atoms with van der Waals surface area (Å²) < 4.78 is 26.1. The van der Waals surface area contributed by atoms with Crippen molar-refractivity contribution in [2.24, 2.45) is 0 Å². The third-order valence-corrected chi connectivity index (χ3v) is 8.43. The second-order valence-electron chi connectivity index (χ2n) is 14.4. The SMILES string of the molecule is CC(C)N1C(=O)N(c2ncc(C#Cc3ccc(F)cc3)cn2)CC1(C)C.CC(C)N1C(=O)N(c2ncc(C#Cc3cccc(F)c3)cn2)CC1(C)C. The maximum Gasteiger partial charge on any atom is 0.327 e. The zero-order chi connectivity index (χ0) is 37.8. The Balaban J connectivity index is 0.000000201. The van der Waals surface area contributed by atoms with Crippen molar-refractivity contribution < 1.29 is 18.4 Å². The lowest BCUT2D eigenvalue weighted by atomic mass is 10.0. The molecule has 10 nitrogen and oxygen atoms in total. The molecule has 0 saturated carbocycles. The maximum absolute atomic E-state index is 13.2. The van der Waals surface area contributed by atoms with E-state index in [1.165, 1.54) is 24.3 Å². The van der Waals surface area contributed by atoms with Gasteiger partial charge in [-0.2, -0.15) is 0 Å². The largest absolute Gasteiger partial charge is 0.327 e. The van der Waals surface area contributed by atoms with Crippen LogP contribution in [0.3, 0.4) is 0 Å². The Bertz CT molecular complexity index is 2040. The van der Waals surface area contributed by atoms with Gasteiger partial charge in [0.05, 0.1) is 35.3 Å². The minimum atomic E-state index is -0.326. The number of halogens is 2. The van der Waals surface area contributed by atoms with Gasteiger partial charge < -0.3 is 9.80 Å². The molecule has 268 valence electrons. The lowest BCUT2D eigenvalue weighted by Gasteiger charge is -2.32. The molecule has 52 heavy (non-hydrogen) atoms. The van der Waals surface area contributed by atoms with Gasteiger partial charge in [-0.05, 0) is 97.9 Å². The van der Waals surface area contributed by atoms with Crippen LogP contribution in [0.25, 0.3) is 0 Å². The van der Waals surface area contributed by atoms with Gasteiger partial charge in [0.25, 0.3) is 0 Å². The van der Waals surface area contributed by atoms with Crippen molar-refractivity contribution in [3.63, 3.8) is 0 Å². The Morgan fingerprint density at radius 2 is 0.981 bits per heavy atom. The first-order valence-corrected chi connectivity index (χ1v) is 17.0. The van der Waals surface area contributed by atoms with Crippen LogP contribution < -0.4 is 9.80 Å². The lowest BCUT2D eigenvalue weighted by Crippen LogP contribution is -2.46.